The molecule has 1 amide bonds. The fourth-order valence-electron chi connectivity index (χ4n) is 3.29. The minimum Gasteiger partial charge on any atom is -0.507 e. The van der Waals surface area contributed by atoms with Crippen molar-refractivity contribution in [1.82, 2.24) is 0 Å². The van der Waals surface area contributed by atoms with Crippen molar-refractivity contribution in [3.05, 3.63) is 68.3 Å². The van der Waals surface area contributed by atoms with Crippen LogP contribution in [0.25, 0.3) is 6.08 Å². The Morgan fingerprint density at radius 1 is 1.09 bits per heavy atom. The number of hydrogen-bond acceptors (Lipinski definition) is 5. The van der Waals surface area contributed by atoms with Crippen molar-refractivity contribution in [3.8, 4) is 11.8 Å². The number of anilines is 1. The van der Waals surface area contributed by atoms with Gasteiger partial charge in [-0.1, -0.05) is 41.5 Å². The second kappa shape index (κ2) is 8.83. The first-order chi connectivity index (χ1) is 14.6. The molecule has 0 aliphatic heterocycles. The molecule has 0 saturated carbocycles. The molecule has 0 bridgehead atoms. The Hall–Kier alpha value is -3.66. The molecule has 0 heterocycles. The van der Waals surface area contributed by atoms with Gasteiger partial charge in [-0.3, -0.25) is 14.9 Å². The molecule has 0 saturated heterocycles. The summed E-state index contributed by atoms with van der Waals surface area (Å²) in [5, 5.41) is 34.0. The van der Waals surface area contributed by atoms with Crippen molar-refractivity contribution >= 4 is 23.4 Å². The van der Waals surface area contributed by atoms with E-state index in [-0.39, 0.29) is 27.8 Å². The third-order valence-electron chi connectivity index (χ3n) is 5.09. The van der Waals surface area contributed by atoms with Crippen molar-refractivity contribution in [2.75, 3.05) is 5.32 Å². The summed E-state index contributed by atoms with van der Waals surface area (Å²) in [6, 6.07) is 9.59. The van der Waals surface area contributed by atoms with Gasteiger partial charge in [0.15, 0.2) is 0 Å². The number of hydrogen-bond donors (Lipinski definition) is 2. The van der Waals surface area contributed by atoms with Gasteiger partial charge in [0.05, 0.1) is 4.92 Å². The molecule has 2 rings (SSSR count). The molecule has 2 aromatic carbocycles. The number of phenolic OH excluding ortho intramolecular Hbond substituents is 1. The van der Waals surface area contributed by atoms with Crippen LogP contribution in [0.15, 0.2) is 35.9 Å². The van der Waals surface area contributed by atoms with Crippen molar-refractivity contribution in [2.45, 2.75) is 59.3 Å². The minimum atomic E-state index is -0.618. The number of aryl methyl sites for hydroxylation is 1. The van der Waals surface area contributed by atoms with Crippen molar-refractivity contribution in [3.63, 3.8) is 0 Å². The number of nitriles is 1. The molecule has 168 valence electrons. The summed E-state index contributed by atoms with van der Waals surface area (Å²) < 4.78 is 0. The molecule has 0 aromatic heterocycles. The van der Waals surface area contributed by atoms with Crippen LogP contribution in [-0.2, 0) is 15.6 Å². The molecular weight excluding hydrogens is 406 g/mol. The van der Waals surface area contributed by atoms with Crippen LogP contribution >= 0.6 is 0 Å². The molecule has 0 unspecified atom stereocenters. The van der Waals surface area contributed by atoms with Gasteiger partial charge in [0.2, 0.25) is 0 Å². The molecule has 0 aliphatic rings. The Bertz CT molecular complexity index is 1110. The third-order valence-corrected chi connectivity index (χ3v) is 5.09. The van der Waals surface area contributed by atoms with E-state index in [0.29, 0.717) is 16.8 Å². The number of carbonyl (C=O) groups is 1. The van der Waals surface area contributed by atoms with Gasteiger partial charge in [-0.15, -0.1) is 0 Å². The molecule has 2 N–H and O–H groups in total. The van der Waals surface area contributed by atoms with Crippen molar-refractivity contribution in [1.29, 1.82) is 5.26 Å². The number of amides is 1. The normalized spacial score (nSPS) is 12.2. The fourth-order valence-corrected chi connectivity index (χ4v) is 3.29. The van der Waals surface area contributed by atoms with Crippen LogP contribution in [0.3, 0.4) is 0 Å². The van der Waals surface area contributed by atoms with Gasteiger partial charge in [0, 0.05) is 28.9 Å². The molecule has 0 atom stereocenters. The lowest BCUT2D eigenvalue weighted by Crippen LogP contribution is -2.18. The van der Waals surface area contributed by atoms with E-state index >= 15 is 0 Å². The zero-order valence-corrected chi connectivity index (χ0v) is 19.5. The van der Waals surface area contributed by atoms with Crippen molar-refractivity contribution in [2.24, 2.45) is 0 Å². The number of nitrogens with zero attached hydrogens (tertiary/aromatic N) is 2. The SMILES string of the molecule is Cc1cc([N+](=O)[O-])ccc1NC(=O)C(C#N)=Cc1cc(C(C)(C)C)c(O)c(C(C)(C)C)c1. The zero-order chi connectivity index (χ0) is 24.4. The van der Waals surface area contributed by atoms with E-state index in [1.165, 1.54) is 24.3 Å². The topological polar surface area (TPSA) is 116 Å². The van der Waals surface area contributed by atoms with E-state index in [2.05, 4.69) is 5.32 Å². The van der Waals surface area contributed by atoms with E-state index in [1.807, 2.05) is 47.6 Å². The quantitative estimate of drug-likeness (QED) is 0.274. The average Bonchev–Trinajstić information content (AvgIpc) is 2.66. The highest BCUT2D eigenvalue weighted by atomic mass is 16.6. The maximum atomic E-state index is 12.8. The maximum absolute atomic E-state index is 12.8. The summed E-state index contributed by atoms with van der Waals surface area (Å²) in [5.74, 6) is -0.404. The number of benzene rings is 2. The second-order valence-corrected chi connectivity index (χ2v) is 9.84. The van der Waals surface area contributed by atoms with Crippen LogP contribution in [0.2, 0.25) is 0 Å². The van der Waals surface area contributed by atoms with Gasteiger partial charge in [0.25, 0.3) is 11.6 Å². The van der Waals surface area contributed by atoms with E-state index in [0.717, 1.165) is 11.1 Å². The second-order valence-electron chi connectivity index (χ2n) is 9.84. The lowest BCUT2D eigenvalue weighted by Gasteiger charge is -2.28. The highest BCUT2D eigenvalue weighted by Crippen LogP contribution is 2.40. The molecule has 7 nitrogen and oxygen atoms in total. The Labute approximate surface area is 188 Å². The smallest absolute Gasteiger partial charge is 0.269 e. The predicted octanol–water partition coefficient (Wildman–Crippen LogP) is 5.75. The average molecular weight is 436 g/mol. The van der Waals surface area contributed by atoms with Gasteiger partial charge in [-0.05, 0) is 53.2 Å². The number of nitrogens with one attached hydrogen (secondary N) is 1. The number of nitro groups is 1. The Morgan fingerprint density at radius 3 is 2.03 bits per heavy atom. The number of non-ortho nitro benzene ring substituents is 1. The zero-order valence-electron chi connectivity index (χ0n) is 19.5. The minimum absolute atomic E-state index is 0.0786. The molecule has 0 spiro atoms. The third kappa shape index (κ3) is 5.52. The van der Waals surface area contributed by atoms with E-state index in [9.17, 15) is 25.3 Å². The highest BCUT2D eigenvalue weighted by molar-refractivity contribution is 6.10. The van der Waals surface area contributed by atoms with Gasteiger partial charge in [0.1, 0.15) is 17.4 Å². The summed E-state index contributed by atoms with van der Waals surface area (Å²) in [4.78, 5) is 23.2. The molecular formula is C25H29N3O4. The maximum Gasteiger partial charge on any atom is 0.269 e. The summed E-state index contributed by atoms with van der Waals surface area (Å²) in [6.07, 6.45) is 1.49. The summed E-state index contributed by atoms with van der Waals surface area (Å²) in [7, 11) is 0. The van der Waals surface area contributed by atoms with Crippen LogP contribution in [0.4, 0.5) is 11.4 Å². The number of nitro benzene ring substituents is 1. The first-order valence-corrected chi connectivity index (χ1v) is 10.2. The van der Waals surface area contributed by atoms with Crippen LogP contribution in [-0.4, -0.2) is 15.9 Å². The van der Waals surface area contributed by atoms with Gasteiger partial charge >= 0.3 is 0 Å². The summed E-state index contributed by atoms with van der Waals surface area (Å²) in [5.41, 5.74) is 2.08. The molecule has 32 heavy (non-hydrogen) atoms. The van der Waals surface area contributed by atoms with Gasteiger partial charge in [-0.25, -0.2) is 0 Å². The largest absolute Gasteiger partial charge is 0.507 e. The van der Waals surface area contributed by atoms with Gasteiger partial charge < -0.3 is 10.4 Å². The molecule has 7 heteroatoms. The molecule has 0 radical (unpaired) electrons. The van der Waals surface area contributed by atoms with Gasteiger partial charge in [-0.2, -0.15) is 5.26 Å². The Balaban J connectivity index is 2.50. The van der Waals surface area contributed by atoms with E-state index in [1.54, 1.807) is 19.1 Å². The van der Waals surface area contributed by atoms with Crippen LogP contribution in [0.5, 0.6) is 5.75 Å². The number of phenols is 1. The van der Waals surface area contributed by atoms with E-state index < -0.39 is 10.8 Å². The van der Waals surface area contributed by atoms with Crippen molar-refractivity contribution < 1.29 is 14.8 Å². The first kappa shape index (κ1) is 24.6. The first-order valence-electron chi connectivity index (χ1n) is 10.2. The van der Waals surface area contributed by atoms with Crippen LogP contribution in [0.1, 0.15) is 63.8 Å². The standard InChI is InChI=1S/C25H29N3O4/c1-15-10-18(28(31)32)8-9-21(15)27-23(30)17(14-26)11-16-12-19(24(2,3)4)22(29)20(13-16)25(5,6)7/h8-13,29H,1-7H3,(H,27,30). The Morgan fingerprint density at radius 2 is 1.62 bits per heavy atom. The van der Waals surface area contributed by atoms with E-state index in [4.69, 9.17) is 0 Å². The lowest BCUT2D eigenvalue weighted by atomic mass is 9.78. The summed E-state index contributed by atoms with van der Waals surface area (Å²) in [6.45, 7) is 13.5. The number of rotatable bonds is 4. The van der Waals surface area contributed by atoms with Crippen LogP contribution in [0, 0.1) is 28.4 Å². The molecule has 2 aromatic rings. The highest BCUT2D eigenvalue weighted by Gasteiger charge is 2.26. The lowest BCUT2D eigenvalue weighted by molar-refractivity contribution is -0.384. The fraction of sp³-hybridized carbons (Fsp3) is 0.360. The monoisotopic (exact) mass is 435 g/mol. The summed E-state index contributed by atoms with van der Waals surface area (Å²) >= 11 is 0. The number of carbonyl (C=O) groups excluding carboxylic acids is 1. The molecule has 0 fully saturated rings. The van der Waals surface area contributed by atoms with Crippen LogP contribution < -0.4 is 5.32 Å². The Kier molecular flexibility index (Phi) is 6.79. The molecule has 0 aliphatic carbocycles. The number of aromatic hydroxyl groups is 1. The predicted molar refractivity (Wildman–Crippen MR) is 126 cm³/mol.